The first-order chi connectivity index (χ1) is 14.7. The Hall–Kier alpha value is -3.30. The summed E-state index contributed by atoms with van der Waals surface area (Å²) in [5.41, 5.74) is 2.75. The van der Waals surface area contributed by atoms with Gasteiger partial charge in [0.15, 0.2) is 11.6 Å². The minimum Gasteiger partial charge on any atom is -0.378 e. The van der Waals surface area contributed by atoms with E-state index in [1.807, 2.05) is 30.3 Å². The SMILES string of the molecule is CNC(=O)/C=C/c1cc2nc(-c3cccc4[nH]ncc34)nc(N3CCOCC3)c2s1. The van der Waals surface area contributed by atoms with E-state index in [1.54, 1.807) is 24.6 Å². The summed E-state index contributed by atoms with van der Waals surface area (Å²) in [6.07, 6.45) is 5.14. The summed E-state index contributed by atoms with van der Waals surface area (Å²) >= 11 is 1.59. The van der Waals surface area contributed by atoms with Gasteiger partial charge in [0, 0.05) is 42.0 Å². The molecular weight excluding hydrogens is 400 g/mol. The number of morpholine rings is 1. The lowest BCUT2D eigenvalue weighted by atomic mass is 10.1. The average Bonchev–Trinajstić information content (AvgIpc) is 3.43. The number of likely N-dealkylation sites (N-methyl/N-ethyl adjacent to an activating group) is 1. The molecule has 1 aliphatic heterocycles. The van der Waals surface area contributed by atoms with Crippen LogP contribution in [0, 0.1) is 0 Å². The Bertz CT molecular complexity index is 1260. The molecule has 1 amide bonds. The van der Waals surface area contributed by atoms with E-state index >= 15 is 0 Å². The molecule has 1 aliphatic rings. The van der Waals surface area contributed by atoms with Crippen molar-refractivity contribution in [1.82, 2.24) is 25.5 Å². The number of aromatic amines is 1. The quantitative estimate of drug-likeness (QED) is 0.493. The smallest absolute Gasteiger partial charge is 0.243 e. The number of amides is 1. The predicted molar refractivity (Wildman–Crippen MR) is 119 cm³/mol. The zero-order valence-electron chi connectivity index (χ0n) is 16.4. The van der Waals surface area contributed by atoms with Gasteiger partial charge in [0.05, 0.1) is 35.1 Å². The number of carbonyl (C=O) groups excluding carboxylic acids is 1. The zero-order valence-corrected chi connectivity index (χ0v) is 17.2. The molecule has 152 valence electrons. The summed E-state index contributed by atoms with van der Waals surface area (Å²) in [5, 5.41) is 10.7. The van der Waals surface area contributed by atoms with E-state index in [-0.39, 0.29) is 5.91 Å². The van der Waals surface area contributed by atoms with E-state index in [0.29, 0.717) is 19.0 Å². The van der Waals surface area contributed by atoms with Crippen molar-refractivity contribution in [2.24, 2.45) is 0 Å². The van der Waals surface area contributed by atoms with E-state index in [2.05, 4.69) is 20.4 Å². The van der Waals surface area contributed by atoms with Crippen LogP contribution in [0.3, 0.4) is 0 Å². The molecule has 30 heavy (non-hydrogen) atoms. The van der Waals surface area contributed by atoms with E-state index in [4.69, 9.17) is 14.7 Å². The van der Waals surface area contributed by atoms with Crippen LogP contribution in [-0.2, 0) is 9.53 Å². The molecule has 4 heterocycles. The van der Waals surface area contributed by atoms with E-state index in [1.165, 1.54) is 6.08 Å². The van der Waals surface area contributed by atoms with Crippen LogP contribution >= 0.6 is 11.3 Å². The Labute approximate surface area is 176 Å². The topological polar surface area (TPSA) is 96.0 Å². The molecule has 0 spiro atoms. The highest BCUT2D eigenvalue weighted by Gasteiger charge is 2.20. The second kappa shape index (κ2) is 7.85. The van der Waals surface area contributed by atoms with Crippen molar-refractivity contribution >= 4 is 50.3 Å². The van der Waals surface area contributed by atoms with Crippen molar-refractivity contribution in [2.45, 2.75) is 0 Å². The summed E-state index contributed by atoms with van der Waals surface area (Å²) in [4.78, 5) is 24.6. The number of hydrogen-bond acceptors (Lipinski definition) is 7. The summed E-state index contributed by atoms with van der Waals surface area (Å²) in [6, 6.07) is 7.98. The van der Waals surface area contributed by atoms with Gasteiger partial charge in [0.25, 0.3) is 0 Å². The summed E-state index contributed by atoms with van der Waals surface area (Å²) in [7, 11) is 1.61. The van der Waals surface area contributed by atoms with Gasteiger partial charge in [0.1, 0.15) is 0 Å². The van der Waals surface area contributed by atoms with Crippen LogP contribution < -0.4 is 10.2 Å². The maximum Gasteiger partial charge on any atom is 0.243 e. The molecule has 2 N–H and O–H groups in total. The van der Waals surface area contributed by atoms with Crippen LogP contribution in [0.1, 0.15) is 4.88 Å². The number of anilines is 1. The average molecular weight is 420 g/mol. The predicted octanol–water partition coefficient (Wildman–Crippen LogP) is 2.83. The summed E-state index contributed by atoms with van der Waals surface area (Å²) in [5.74, 6) is 1.43. The molecule has 0 saturated carbocycles. The number of hydrogen-bond donors (Lipinski definition) is 2. The standard InChI is InChI=1S/C21H20N6O2S/c1-22-18(28)6-5-13-11-17-19(30-13)21(27-7-9-29-10-8-27)25-20(24-17)14-3-2-4-16-15(14)12-23-26-16/h2-6,11-12H,7-10H2,1H3,(H,22,28)(H,23,26)/b6-5+. The van der Waals surface area contributed by atoms with E-state index in [9.17, 15) is 4.79 Å². The second-order valence-electron chi connectivity index (χ2n) is 6.92. The molecule has 9 heteroatoms. The fraction of sp³-hybridized carbons (Fsp3) is 0.238. The Balaban J connectivity index is 1.67. The maximum atomic E-state index is 11.6. The van der Waals surface area contributed by atoms with Crippen LogP contribution in [0.2, 0.25) is 0 Å². The lowest BCUT2D eigenvalue weighted by Crippen LogP contribution is -2.36. The van der Waals surface area contributed by atoms with Crippen LogP contribution in [0.4, 0.5) is 5.82 Å². The molecule has 0 unspecified atom stereocenters. The van der Waals surface area contributed by atoms with Gasteiger partial charge in [-0.2, -0.15) is 5.10 Å². The van der Waals surface area contributed by atoms with Gasteiger partial charge in [-0.3, -0.25) is 9.89 Å². The van der Waals surface area contributed by atoms with Gasteiger partial charge < -0.3 is 15.0 Å². The number of fused-ring (bicyclic) bond motifs is 2. The number of H-pyrrole nitrogens is 1. The monoisotopic (exact) mass is 420 g/mol. The van der Waals surface area contributed by atoms with Crippen molar-refractivity contribution in [3.8, 4) is 11.4 Å². The fourth-order valence-corrected chi connectivity index (χ4v) is 4.55. The van der Waals surface area contributed by atoms with Gasteiger partial charge in [-0.1, -0.05) is 12.1 Å². The molecule has 1 saturated heterocycles. The minimum atomic E-state index is -0.140. The van der Waals surface area contributed by atoms with Crippen LogP contribution in [0.5, 0.6) is 0 Å². The van der Waals surface area contributed by atoms with Crippen molar-refractivity contribution in [2.75, 3.05) is 38.3 Å². The molecule has 3 aromatic heterocycles. The van der Waals surface area contributed by atoms with Gasteiger partial charge >= 0.3 is 0 Å². The molecular formula is C21H20N6O2S. The number of rotatable bonds is 4. The highest BCUT2D eigenvalue weighted by molar-refractivity contribution is 7.20. The second-order valence-corrected chi connectivity index (χ2v) is 8.00. The summed E-state index contributed by atoms with van der Waals surface area (Å²) in [6.45, 7) is 2.91. The number of nitrogens with zero attached hydrogens (tertiary/aromatic N) is 4. The number of aromatic nitrogens is 4. The number of benzene rings is 1. The van der Waals surface area contributed by atoms with Gasteiger partial charge in [-0.25, -0.2) is 9.97 Å². The Morgan fingerprint density at radius 1 is 1.30 bits per heavy atom. The number of thiophene rings is 1. The van der Waals surface area contributed by atoms with E-state index < -0.39 is 0 Å². The lowest BCUT2D eigenvalue weighted by Gasteiger charge is -2.28. The molecule has 5 rings (SSSR count). The third-order valence-electron chi connectivity index (χ3n) is 5.05. The normalized spacial score (nSPS) is 14.8. The minimum absolute atomic E-state index is 0.140. The molecule has 0 radical (unpaired) electrons. The van der Waals surface area contributed by atoms with Gasteiger partial charge in [-0.05, 0) is 18.2 Å². The lowest BCUT2D eigenvalue weighted by molar-refractivity contribution is -0.115. The van der Waals surface area contributed by atoms with Gasteiger partial charge in [-0.15, -0.1) is 11.3 Å². The molecule has 0 aliphatic carbocycles. The molecule has 1 aromatic carbocycles. The number of ether oxygens (including phenoxy) is 1. The summed E-state index contributed by atoms with van der Waals surface area (Å²) < 4.78 is 6.54. The van der Waals surface area contributed by atoms with Crippen molar-refractivity contribution in [1.29, 1.82) is 0 Å². The van der Waals surface area contributed by atoms with Crippen molar-refractivity contribution in [3.05, 3.63) is 41.4 Å². The van der Waals surface area contributed by atoms with E-state index in [0.717, 1.165) is 50.5 Å². The largest absolute Gasteiger partial charge is 0.378 e. The molecule has 8 nitrogen and oxygen atoms in total. The van der Waals surface area contributed by atoms with Crippen molar-refractivity contribution in [3.63, 3.8) is 0 Å². The molecule has 4 aromatic rings. The first-order valence-corrected chi connectivity index (χ1v) is 10.5. The Morgan fingerprint density at radius 2 is 2.17 bits per heavy atom. The first kappa shape index (κ1) is 18.7. The number of carbonyl (C=O) groups is 1. The third-order valence-corrected chi connectivity index (χ3v) is 6.14. The first-order valence-electron chi connectivity index (χ1n) is 9.69. The third kappa shape index (κ3) is 3.42. The fourth-order valence-electron chi connectivity index (χ4n) is 3.53. The molecule has 0 atom stereocenters. The van der Waals surface area contributed by atoms with Crippen molar-refractivity contribution < 1.29 is 9.53 Å². The Morgan fingerprint density at radius 3 is 3.00 bits per heavy atom. The molecule has 0 bridgehead atoms. The Kier molecular flexibility index (Phi) is 4.89. The highest BCUT2D eigenvalue weighted by atomic mass is 32.1. The highest BCUT2D eigenvalue weighted by Crippen LogP contribution is 2.36. The zero-order chi connectivity index (χ0) is 20.5. The van der Waals surface area contributed by atoms with Gasteiger partial charge in [0.2, 0.25) is 5.91 Å². The maximum absolute atomic E-state index is 11.6. The number of nitrogens with one attached hydrogen (secondary N) is 2. The molecule has 1 fully saturated rings. The van der Waals surface area contributed by atoms with Crippen LogP contribution in [0.25, 0.3) is 38.6 Å². The van der Waals surface area contributed by atoms with Crippen LogP contribution in [-0.4, -0.2) is 59.4 Å². The van der Waals surface area contributed by atoms with Crippen LogP contribution in [0.15, 0.2) is 36.5 Å².